The predicted octanol–water partition coefficient (Wildman–Crippen LogP) is 4.62. The molecule has 0 fully saturated rings. The Labute approximate surface area is 191 Å². The first kappa shape index (κ1) is 23.7. The minimum Gasteiger partial charge on any atom is -0.382 e. The zero-order valence-corrected chi connectivity index (χ0v) is 18.6. The first-order valence-corrected chi connectivity index (χ1v) is 11.3. The Morgan fingerprint density at radius 3 is 2.22 bits per heavy atom. The normalized spacial score (nSPS) is 11.9. The molecule has 0 saturated carbocycles. The van der Waals surface area contributed by atoms with Gasteiger partial charge in [-0.05, 0) is 17.7 Å². The lowest BCUT2D eigenvalue weighted by Crippen LogP contribution is -2.30. The molecule has 0 aliphatic rings. The molecule has 2 aromatic carbocycles. The predicted molar refractivity (Wildman–Crippen MR) is 115 cm³/mol. The molecule has 1 heterocycles. The zero-order valence-electron chi connectivity index (χ0n) is 16.2. The number of benzene rings is 2. The van der Waals surface area contributed by atoms with Crippen LogP contribution in [0.1, 0.15) is 16.8 Å². The highest BCUT2D eigenvalue weighted by molar-refractivity contribution is 7.92. The van der Waals surface area contributed by atoms with Crippen LogP contribution in [0.3, 0.4) is 0 Å². The number of nitrogen functional groups attached to an aromatic ring is 1. The van der Waals surface area contributed by atoms with Crippen molar-refractivity contribution >= 4 is 44.7 Å². The molecule has 3 aromatic rings. The summed E-state index contributed by atoms with van der Waals surface area (Å²) in [7, 11) is -3.95. The molecule has 0 bridgehead atoms. The van der Waals surface area contributed by atoms with E-state index in [9.17, 15) is 26.9 Å². The van der Waals surface area contributed by atoms with Gasteiger partial charge in [-0.1, -0.05) is 53.5 Å². The van der Waals surface area contributed by atoms with E-state index in [4.69, 9.17) is 28.9 Å². The Kier molecular flexibility index (Phi) is 6.33. The molecular weight excluding hydrogens is 490 g/mol. The van der Waals surface area contributed by atoms with E-state index in [2.05, 4.69) is 5.10 Å². The van der Waals surface area contributed by atoms with Gasteiger partial charge in [0.05, 0.1) is 28.4 Å². The van der Waals surface area contributed by atoms with Gasteiger partial charge in [-0.3, -0.25) is 4.31 Å². The second-order valence-electron chi connectivity index (χ2n) is 6.65. The van der Waals surface area contributed by atoms with Gasteiger partial charge in [-0.15, -0.1) is 0 Å². The van der Waals surface area contributed by atoms with Crippen molar-refractivity contribution in [1.82, 2.24) is 9.78 Å². The molecule has 7 nitrogen and oxygen atoms in total. The molecule has 32 heavy (non-hydrogen) atoms. The number of anilines is 2. The van der Waals surface area contributed by atoms with Crippen LogP contribution in [-0.2, 0) is 22.7 Å². The summed E-state index contributed by atoms with van der Waals surface area (Å²) in [5.41, 5.74) is 4.78. The van der Waals surface area contributed by atoms with Crippen molar-refractivity contribution in [3.05, 3.63) is 69.3 Å². The van der Waals surface area contributed by atoms with Gasteiger partial charge in [0.2, 0.25) is 10.0 Å². The van der Waals surface area contributed by atoms with E-state index in [1.165, 1.54) is 0 Å². The molecule has 168 valence electrons. The molecule has 1 aromatic heterocycles. The van der Waals surface area contributed by atoms with Crippen LogP contribution in [0.5, 0.6) is 0 Å². The van der Waals surface area contributed by atoms with Crippen molar-refractivity contribution in [2.45, 2.75) is 12.7 Å². The van der Waals surface area contributed by atoms with Gasteiger partial charge >= 0.3 is 6.18 Å². The van der Waals surface area contributed by atoms with Crippen molar-refractivity contribution in [2.24, 2.45) is 0 Å². The fraction of sp³-hybridized carbons (Fsp3) is 0.158. The van der Waals surface area contributed by atoms with E-state index >= 15 is 0 Å². The van der Waals surface area contributed by atoms with Crippen LogP contribution in [-0.4, -0.2) is 24.5 Å². The first-order valence-electron chi connectivity index (χ1n) is 8.71. The molecule has 0 amide bonds. The zero-order chi connectivity index (χ0) is 23.8. The number of nitriles is 1. The Morgan fingerprint density at radius 1 is 1.19 bits per heavy atom. The second kappa shape index (κ2) is 8.54. The number of nitrogens with zero attached hydrogens (tertiary/aromatic N) is 4. The lowest BCUT2D eigenvalue weighted by Gasteiger charge is -2.22. The Hall–Kier alpha value is -2.94. The molecule has 0 aliphatic carbocycles. The third kappa shape index (κ3) is 4.62. The minimum atomic E-state index is -4.70. The Balaban J connectivity index is 2.22. The SMILES string of the molecule is CS(=O)(=O)N(Cc1ccccc1)c1c(C#N)nn(-c2c(Cl)cc(C(F)(F)F)cc2Cl)c1N. The molecule has 0 atom stereocenters. The van der Waals surface area contributed by atoms with Gasteiger partial charge in [0.1, 0.15) is 17.4 Å². The molecular formula is C19H14Cl2F3N5O2S. The summed E-state index contributed by atoms with van der Waals surface area (Å²) in [4.78, 5) is 0. The van der Waals surface area contributed by atoms with Crippen LogP contribution in [0.15, 0.2) is 42.5 Å². The first-order chi connectivity index (χ1) is 14.8. The van der Waals surface area contributed by atoms with Gasteiger partial charge in [0, 0.05) is 0 Å². The standard InChI is InChI=1S/C19H14Cl2F3N5O2S/c1-32(30,31)28(10-11-5-3-2-4-6-11)17-15(9-25)27-29(18(17)26)16-13(20)7-12(8-14(16)21)19(22,23)24/h2-8H,10,26H2,1H3. The second-order valence-corrected chi connectivity index (χ2v) is 9.37. The number of sulfonamides is 1. The Bertz CT molecular complexity index is 1300. The van der Waals surface area contributed by atoms with Gasteiger partial charge in [-0.2, -0.15) is 23.5 Å². The summed E-state index contributed by atoms with van der Waals surface area (Å²) in [5.74, 6) is -0.341. The van der Waals surface area contributed by atoms with Crippen molar-refractivity contribution < 1.29 is 21.6 Å². The summed E-state index contributed by atoms with van der Waals surface area (Å²) in [6, 6.07) is 11.5. The Morgan fingerprint density at radius 2 is 1.75 bits per heavy atom. The molecule has 2 N–H and O–H groups in total. The lowest BCUT2D eigenvalue weighted by atomic mass is 10.2. The average Bonchev–Trinajstić information content (AvgIpc) is 3.00. The van der Waals surface area contributed by atoms with E-state index in [0.29, 0.717) is 17.7 Å². The van der Waals surface area contributed by atoms with Crippen LogP contribution < -0.4 is 10.0 Å². The van der Waals surface area contributed by atoms with Gasteiger partial charge in [-0.25, -0.2) is 13.1 Å². The van der Waals surface area contributed by atoms with Crippen LogP contribution in [0.4, 0.5) is 24.7 Å². The highest BCUT2D eigenvalue weighted by atomic mass is 35.5. The number of rotatable bonds is 5. The summed E-state index contributed by atoms with van der Waals surface area (Å²) in [5, 5.41) is 12.6. The monoisotopic (exact) mass is 503 g/mol. The van der Waals surface area contributed by atoms with Gasteiger partial charge in [0.25, 0.3) is 0 Å². The van der Waals surface area contributed by atoms with Gasteiger partial charge in [0.15, 0.2) is 11.5 Å². The van der Waals surface area contributed by atoms with E-state index in [0.717, 1.165) is 15.2 Å². The largest absolute Gasteiger partial charge is 0.416 e. The van der Waals surface area contributed by atoms with Crippen LogP contribution in [0, 0.1) is 11.3 Å². The fourth-order valence-electron chi connectivity index (χ4n) is 2.96. The number of halogens is 5. The van der Waals surface area contributed by atoms with Gasteiger partial charge < -0.3 is 5.73 Å². The van der Waals surface area contributed by atoms with Crippen molar-refractivity contribution in [3.8, 4) is 11.8 Å². The number of alkyl halides is 3. The number of hydrogen-bond donors (Lipinski definition) is 1. The fourth-order valence-corrected chi connectivity index (χ4v) is 4.50. The maximum Gasteiger partial charge on any atom is 0.416 e. The van der Waals surface area contributed by atoms with E-state index in [1.54, 1.807) is 36.4 Å². The number of aromatic nitrogens is 2. The summed E-state index contributed by atoms with van der Waals surface area (Å²) in [6.07, 6.45) is -3.78. The summed E-state index contributed by atoms with van der Waals surface area (Å²) in [6.45, 7) is -0.168. The quantitative estimate of drug-likeness (QED) is 0.546. The van der Waals surface area contributed by atoms with E-state index in [-0.39, 0.29) is 29.4 Å². The lowest BCUT2D eigenvalue weighted by molar-refractivity contribution is -0.137. The van der Waals surface area contributed by atoms with Crippen LogP contribution in [0.2, 0.25) is 10.0 Å². The third-order valence-electron chi connectivity index (χ3n) is 4.38. The number of nitrogens with two attached hydrogens (primary N) is 1. The molecule has 0 aliphatic heterocycles. The highest BCUT2D eigenvalue weighted by Gasteiger charge is 2.34. The maximum absolute atomic E-state index is 13.0. The maximum atomic E-state index is 13.0. The minimum absolute atomic E-state index is 0.168. The van der Waals surface area contributed by atoms with Crippen molar-refractivity contribution in [2.75, 3.05) is 16.3 Å². The average molecular weight is 504 g/mol. The highest BCUT2D eigenvalue weighted by Crippen LogP contribution is 2.40. The van der Waals surface area contributed by atoms with Crippen LogP contribution in [0.25, 0.3) is 5.69 Å². The van der Waals surface area contributed by atoms with E-state index < -0.39 is 31.8 Å². The molecule has 3 rings (SSSR count). The molecule has 0 saturated heterocycles. The third-order valence-corrected chi connectivity index (χ3v) is 6.06. The topological polar surface area (TPSA) is 105 Å². The van der Waals surface area contributed by atoms with Crippen molar-refractivity contribution in [3.63, 3.8) is 0 Å². The summed E-state index contributed by atoms with van der Waals surface area (Å²) >= 11 is 12.1. The van der Waals surface area contributed by atoms with Crippen LogP contribution >= 0.6 is 23.2 Å². The molecule has 0 unspecified atom stereocenters. The molecule has 0 radical (unpaired) electrons. The molecule has 13 heteroatoms. The molecule has 0 spiro atoms. The summed E-state index contributed by atoms with van der Waals surface area (Å²) < 4.78 is 65.9. The van der Waals surface area contributed by atoms with E-state index in [1.807, 2.05) is 0 Å². The van der Waals surface area contributed by atoms with Crippen molar-refractivity contribution in [1.29, 1.82) is 5.26 Å². The number of hydrogen-bond acceptors (Lipinski definition) is 5. The smallest absolute Gasteiger partial charge is 0.382 e.